The van der Waals surface area contributed by atoms with Gasteiger partial charge in [-0.25, -0.2) is 0 Å². The number of hydrogen-bond donors (Lipinski definition) is 2. The molecule has 0 fully saturated rings. The van der Waals surface area contributed by atoms with Crippen molar-refractivity contribution in [3.05, 3.63) is 26.6 Å². The SMILES string of the molecule is CCC[C@H](N)C(=O)Nc1c(Br)cc(C)cc1Br. The Morgan fingerprint density at radius 3 is 2.41 bits per heavy atom. The van der Waals surface area contributed by atoms with E-state index in [1.54, 1.807) is 0 Å². The van der Waals surface area contributed by atoms with Gasteiger partial charge in [0.15, 0.2) is 0 Å². The fourth-order valence-corrected chi connectivity index (χ4v) is 3.09. The van der Waals surface area contributed by atoms with Crippen LogP contribution < -0.4 is 11.1 Å². The van der Waals surface area contributed by atoms with E-state index in [4.69, 9.17) is 5.73 Å². The molecule has 0 aromatic heterocycles. The zero-order valence-corrected chi connectivity index (χ0v) is 13.1. The first-order chi connectivity index (χ1) is 7.95. The minimum Gasteiger partial charge on any atom is -0.323 e. The summed E-state index contributed by atoms with van der Waals surface area (Å²) in [6.45, 7) is 3.99. The lowest BCUT2D eigenvalue weighted by Gasteiger charge is -2.14. The van der Waals surface area contributed by atoms with Gasteiger partial charge in [-0.05, 0) is 62.9 Å². The summed E-state index contributed by atoms with van der Waals surface area (Å²) in [5.74, 6) is -0.155. The number of carbonyl (C=O) groups excluding carboxylic acids is 1. The highest BCUT2D eigenvalue weighted by Gasteiger charge is 2.15. The Labute approximate surface area is 118 Å². The van der Waals surface area contributed by atoms with Crippen LogP contribution >= 0.6 is 31.9 Å². The zero-order chi connectivity index (χ0) is 13.0. The van der Waals surface area contributed by atoms with E-state index in [0.29, 0.717) is 6.42 Å². The molecule has 94 valence electrons. The number of nitrogens with one attached hydrogen (secondary N) is 1. The van der Waals surface area contributed by atoms with Crippen molar-refractivity contribution in [2.24, 2.45) is 5.73 Å². The van der Waals surface area contributed by atoms with Crippen LogP contribution in [-0.4, -0.2) is 11.9 Å². The lowest BCUT2D eigenvalue weighted by atomic mass is 10.1. The van der Waals surface area contributed by atoms with E-state index in [1.165, 1.54) is 0 Å². The topological polar surface area (TPSA) is 55.1 Å². The molecule has 17 heavy (non-hydrogen) atoms. The summed E-state index contributed by atoms with van der Waals surface area (Å²) in [5.41, 5.74) is 7.60. The molecule has 5 heteroatoms. The number of amides is 1. The van der Waals surface area contributed by atoms with Crippen LogP contribution in [0.4, 0.5) is 5.69 Å². The van der Waals surface area contributed by atoms with Gasteiger partial charge in [0.2, 0.25) is 5.91 Å². The first-order valence-corrected chi connectivity index (χ1v) is 7.06. The summed E-state index contributed by atoms with van der Waals surface area (Å²) in [4.78, 5) is 11.8. The van der Waals surface area contributed by atoms with Crippen LogP contribution in [0.2, 0.25) is 0 Å². The van der Waals surface area contributed by atoms with Crippen molar-refractivity contribution in [1.29, 1.82) is 0 Å². The maximum absolute atomic E-state index is 11.8. The molecule has 0 heterocycles. The number of benzene rings is 1. The molecular formula is C12H16Br2N2O. The first-order valence-electron chi connectivity index (χ1n) is 5.47. The summed E-state index contributed by atoms with van der Waals surface area (Å²) in [6, 6.07) is 3.44. The van der Waals surface area contributed by atoms with Crippen LogP contribution in [0.25, 0.3) is 0 Å². The smallest absolute Gasteiger partial charge is 0.241 e. The molecule has 0 aliphatic rings. The largest absolute Gasteiger partial charge is 0.323 e. The van der Waals surface area contributed by atoms with Crippen LogP contribution in [0.15, 0.2) is 21.1 Å². The van der Waals surface area contributed by atoms with Gasteiger partial charge in [-0.1, -0.05) is 13.3 Å². The van der Waals surface area contributed by atoms with Crippen molar-refractivity contribution in [2.75, 3.05) is 5.32 Å². The Morgan fingerprint density at radius 2 is 1.94 bits per heavy atom. The van der Waals surface area contributed by atoms with Gasteiger partial charge in [0.05, 0.1) is 11.7 Å². The van der Waals surface area contributed by atoms with Crippen LogP contribution in [-0.2, 0) is 4.79 Å². The Hall–Kier alpha value is -0.390. The van der Waals surface area contributed by atoms with Crippen molar-refractivity contribution in [3.8, 4) is 0 Å². The van der Waals surface area contributed by atoms with Gasteiger partial charge in [0.1, 0.15) is 0 Å². The summed E-state index contributed by atoms with van der Waals surface area (Å²) in [7, 11) is 0. The minimum atomic E-state index is -0.458. The maximum Gasteiger partial charge on any atom is 0.241 e. The van der Waals surface area contributed by atoms with Crippen LogP contribution in [0.5, 0.6) is 0 Å². The number of rotatable bonds is 4. The Balaban J connectivity index is 2.85. The highest BCUT2D eigenvalue weighted by atomic mass is 79.9. The fraction of sp³-hybridized carbons (Fsp3) is 0.417. The zero-order valence-electron chi connectivity index (χ0n) is 9.89. The summed E-state index contributed by atoms with van der Waals surface area (Å²) in [5, 5.41) is 2.83. The highest BCUT2D eigenvalue weighted by molar-refractivity contribution is 9.11. The molecule has 3 N–H and O–H groups in total. The highest BCUT2D eigenvalue weighted by Crippen LogP contribution is 2.32. The van der Waals surface area contributed by atoms with Crippen molar-refractivity contribution >= 4 is 43.5 Å². The molecule has 0 saturated carbocycles. The molecule has 0 aliphatic heterocycles. The molecule has 0 spiro atoms. The predicted molar refractivity (Wildman–Crippen MR) is 78.1 cm³/mol. The predicted octanol–water partition coefficient (Wildman–Crippen LogP) is 3.59. The molecule has 3 nitrogen and oxygen atoms in total. The molecule has 0 saturated heterocycles. The van der Waals surface area contributed by atoms with E-state index in [-0.39, 0.29) is 5.91 Å². The number of anilines is 1. The van der Waals surface area contributed by atoms with E-state index in [1.807, 2.05) is 26.0 Å². The van der Waals surface area contributed by atoms with Crippen molar-refractivity contribution in [2.45, 2.75) is 32.7 Å². The van der Waals surface area contributed by atoms with Crippen molar-refractivity contribution in [1.82, 2.24) is 0 Å². The molecule has 0 radical (unpaired) electrons. The van der Waals surface area contributed by atoms with Gasteiger partial charge < -0.3 is 11.1 Å². The average molecular weight is 364 g/mol. The second kappa shape index (κ2) is 6.52. The molecular weight excluding hydrogens is 348 g/mol. The summed E-state index contributed by atoms with van der Waals surface area (Å²) < 4.78 is 1.70. The third-order valence-electron chi connectivity index (χ3n) is 2.37. The first kappa shape index (κ1) is 14.7. The number of hydrogen-bond acceptors (Lipinski definition) is 2. The average Bonchev–Trinajstić information content (AvgIpc) is 2.23. The maximum atomic E-state index is 11.8. The number of nitrogens with two attached hydrogens (primary N) is 1. The second-order valence-electron chi connectivity index (χ2n) is 3.99. The van der Waals surface area contributed by atoms with E-state index in [0.717, 1.165) is 26.6 Å². The van der Waals surface area contributed by atoms with Gasteiger partial charge in [-0.15, -0.1) is 0 Å². The molecule has 1 atom stereocenters. The van der Waals surface area contributed by atoms with Crippen molar-refractivity contribution in [3.63, 3.8) is 0 Å². The van der Waals surface area contributed by atoms with E-state index >= 15 is 0 Å². The third-order valence-corrected chi connectivity index (χ3v) is 3.62. The number of halogens is 2. The molecule has 1 aromatic rings. The fourth-order valence-electron chi connectivity index (χ4n) is 1.48. The molecule has 0 aliphatic carbocycles. The normalized spacial score (nSPS) is 12.3. The standard InChI is InChI=1S/C12H16Br2N2O/c1-3-4-10(15)12(17)16-11-8(13)5-7(2)6-9(11)14/h5-6,10H,3-4,15H2,1-2H3,(H,16,17)/t10-/m0/s1. The molecule has 1 rings (SSSR count). The Kier molecular flexibility index (Phi) is 5.62. The molecule has 0 unspecified atom stereocenters. The van der Waals surface area contributed by atoms with Crippen LogP contribution in [0.3, 0.4) is 0 Å². The minimum absolute atomic E-state index is 0.155. The van der Waals surface area contributed by atoms with Gasteiger partial charge in [-0.2, -0.15) is 0 Å². The lowest BCUT2D eigenvalue weighted by Crippen LogP contribution is -2.35. The number of aryl methyl sites for hydroxylation is 1. The van der Waals surface area contributed by atoms with Gasteiger partial charge in [-0.3, -0.25) is 4.79 Å². The van der Waals surface area contributed by atoms with Crippen molar-refractivity contribution < 1.29 is 4.79 Å². The van der Waals surface area contributed by atoms with E-state index in [9.17, 15) is 4.79 Å². The molecule has 1 aromatic carbocycles. The van der Waals surface area contributed by atoms with Gasteiger partial charge >= 0.3 is 0 Å². The van der Waals surface area contributed by atoms with E-state index in [2.05, 4.69) is 37.2 Å². The van der Waals surface area contributed by atoms with Gasteiger partial charge in [0.25, 0.3) is 0 Å². The quantitative estimate of drug-likeness (QED) is 0.858. The summed E-state index contributed by atoms with van der Waals surface area (Å²) >= 11 is 6.86. The molecule has 0 bridgehead atoms. The molecule has 1 amide bonds. The monoisotopic (exact) mass is 362 g/mol. The van der Waals surface area contributed by atoms with Gasteiger partial charge in [0, 0.05) is 8.95 Å². The Bertz CT molecular complexity index is 398. The van der Waals surface area contributed by atoms with Crippen LogP contribution in [0.1, 0.15) is 25.3 Å². The lowest BCUT2D eigenvalue weighted by molar-refractivity contribution is -0.117. The van der Waals surface area contributed by atoms with Crippen LogP contribution in [0, 0.1) is 6.92 Å². The second-order valence-corrected chi connectivity index (χ2v) is 5.70. The number of carbonyl (C=O) groups is 1. The third kappa shape index (κ3) is 4.08. The Morgan fingerprint density at radius 1 is 1.41 bits per heavy atom. The van der Waals surface area contributed by atoms with E-state index < -0.39 is 6.04 Å². The summed E-state index contributed by atoms with van der Waals surface area (Å²) in [6.07, 6.45) is 1.58.